The highest BCUT2D eigenvalue weighted by Crippen LogP contribution is 2.49. The van der Waals surface area contributed by atoms with Crippen LogP contribution in [0.15, 0.2) is 46.9 Å². The van der Waals surface area contributed by atoms with Gasteiger partial charge in [-0.2, -0.15) is 0 Å². The van der Waals surface area contributed by atoms with E-state index in [4.69, 9.17) is 0 Å². The number of carbonyl (C=O) groups excluding carboxylic acids is 4. The average Bonchev–Trinajstić information content (AvgIpc) is 3.26. The molecule has 4 amide bonds. The third-order valence-corrected chi connectivity index (χ3v) is 14.7. The summed E-state index contributed by atoms with van der Waals surface area (Å²) >= 11 is 3.94. The van der Waals surface area contributed by atoms with Crippen LogP contribution in [0.3, 0.4) is 0 Å². The number of halogens is 1. The second kappa shape index (κ2) is 21.0. The lowest BCUT2D eigenvalue weighted by Crippen LogP contribution is -2.47. The molecule has 0 unspecified atom stereocenters. The number of unbranched alkanes of at least 4 members (excludes halogenated alkanes) is 16. The fourth-order valence-electron chi connectivity index (χ4n) is 10.8. The second-order valence-electron chi connectivity index (χ2n) is 18.3. The molecule has 0 bridgehead atoms. The molecule has 0 spiro atoms. The monoisotopic (exact) mass is 888 g/mol. The first-order valence-electron chi connectivity index (χ1n) is 24.4. The molecule has 7 heteroatoms. The van der Waals surface area contributed by atoms with E-state index in [0.717, 1.165) is 119 Å². The Balaban J connectivity index is 1.27. The van der Waals surface area contributed by atoms with Gasteiger partial charge in [-0.25, -0.2) is 0 Å². The van der Waals surface area contributed by atoms with E-state index in [1.807, 2.05) is 42.5 Å². The van der Waals surface area contributed by atoms with E-state index in [9.17, 15) is 19.2 Å². The Morgan fingerprint density at radius 2 is 0.705 bits per heavy atom. The fraction of sp³-hybridized carbons (Fsp3) is 0.556. The number of imide groups is 2. The number of hydrogen-bond acceptors (Lipinski definition) is 4. The summed E-state index contributed by atoms with van der Waals surface area (Å²) < 4.78 is 0.777. The van der Waals surface area contributed by atoms with E-state index in [0.29, 0.717) is 27.6 Å². The Morgan fingerprint density at radius 3 is 1.10 bits per heavy atom. The standard InChI is InChI=1S/C54H69BrN2O4/c1-5-9-13-17-21-25-36(26-22-18-14-10-6-2)56-51(58)41-32-29-38-39-30-33-43-48-44(35-45(55)49(50(39)48)40-31-34-42(52(56)59)47(41)46(38)40)54(61)57(53(43)60)37(27-23-19-15-11-7-3)28-24-20-16-12-8-4/h29-37H,5-28H2,1-4H3. The average molecular weight is 890 g/mol. The van der Waals surface area contributed by atoms with Crippen LogP contribution >= 0.6 is 15.9 Å². The van der Waals surface area contributed by atoms with Crippen LogP contribution in [0.1, 0.15) is 223 Å². The molecule has 6 nitrogen and oxygen atoms in total. The predicted octanol–water partition coefficient (Wildman–Crippen LogP) is 15.9. The Morgan fingerprint density at radius 1 is 0.377 bits per heavy atom. The van der Waals surface area contributed by atoms with Crippen molar-refractivity contribution in [3.63, 3.8) is 0 Å². The van der Waals surface area contributed by atoms with E-state index in [1.165, 1.54) is 77.0 Å². The lowest BCUT2D eigenvalue weighted by atomic mass is 9.81. The Hall–Kier alpha value is -3.84. The topological polar surface area (TPSA) is 74.8 Å². The highest BCUT2D eigenvalue weighted by atomic mass is 79.9. The first kappa shape index (κ1) is 45.2. The summed E-state index contributed by atoms with van der Waals surface area (Å²) in [5.41, 5.74) is 2.31. The first-order chi connectivity index (χ1) is 29.8. The van der Waals surface area contributed by atoms with Crippen molar-refractivity contribution in [2.45, 2.75) is 194 Å². The minimum atomic E-state index is -0.202. The number of benzene rings is 5. The molecule has 0 radical (unpaired) electrons. The minimum Gasteiger partial charge on any atom is -0.271 e. The van der Waals surface area contributed by atoms with E-state index in [2.05, 4.69) is 43.6 Å². The molecule has 2 aliphatic rings. The SMILES string of the molecule is CCCCCCCC(CCCCCCC)N1C(=O)c2ccc3c4ccc5c6c(cc(Br)c(c7ccc(c2c37)C1=O)c64)C(=O)N(C(CCCCCCC)CCCCCCC)C5=O. The molecular weight excluding hydrogens is 821 g/mol. The van der Waals surface area contributed by atoms with E-state index in [-0.39, 0.29) is 35.7 Å². The maximum absolute atomic E-state index is 14.8. The summed E-state index contributed by atoms with van der Waals surface area (Å²) in [6.45, 7) is 8.89. The molecule has 0 fully saturated rings. The third-order valence-electron chi connectivity index (χ3n) is 14.0. The van der Waals surface area contributed by atoms with Crippen molar-refractivity contribution in [3.8, 4) is 0 Å². The quantitative estimate of drug-likeness (QED) is 0.0240. The molecule has 0 aliphatic carbocycles. The van der Waals surface area contributed by atoms with Gasteiger partial charge in [-0.3, -0.25) is 29.0 Å². The highest BCUT2D eigenvalue weighted by molar-refractivity contribution is 9.10. The summed E-state index contributed by atoms with van der Waals surface area (Å²) in [6, 6.07) is 13.5. The summed E-state index contributed by atoms with van der Waals surface area (Å²) in [4.78, 5) is 62.1. The van der Waals surface area contributed by atoms with Crippen molar-refractivity contribution in [1.29, 1.82) is 0 Å². The van der Waals surface area contributed by atoms with Crippen LogP contribution in [0.2, 0.25) is 0 Å². The van der Waals surface area contributed by atoms with Gasteiger partial charge >= 0.3 is 0 Å². The van der Waals surface area contributed by atoms with Crippen LogP contribution in [0.25, 0.3) is 43.1 Å². The molecule has 7 rings (SSSR count). The normalized spacial score (nSPS) is 14.3. The van der Waals surface area contributed by atoms with Crippen LogP contribution in [0, 0.1) is 0 Å². The van der Waals surface area contributed by atoms with Gasteiger partial charge in [0, 0.05) is 60.4 Å². The zero-order chi connectivity index (χ0) is 43.0. The molecule has 2 aliphatic heterocycles. The van der Waals surface area contributed by atoms with Crippen molar-refractivity contribution in [2.24, 2.45) is 0 Å². The molecule has 61 heavy (non-hydrogen) atoms. The molecule has 0 aromatic heterocycles. The molecule has 2 heterocycles. The third kappa shape index (κ3) is 9.02. The number of carbonyl (C=O) groups is 4. The lowest BCUT2D eigenvalue weighted by molar-refractivity contribution is 0.0501. The van der Waals surface area contributed by atoms with Crippen LogP contribution in [0.4, 0.5) is 0 Å². The highest BCUT2D eigenvalue weighted by Gasteiger charge is 2.41. The van der Waals surface area contributed by atoms with Gasteiger partial charge in [0.1, 0.15) is 0 Å². The van der Waals surface area contributed by atoms with Crippen molar-refractivity contribution < 1.29 is 19.2 Å². The van der Waals surface area contributed by atoms with Crippen molar-refractivity contribution in [2.75, 3.05) is 0 Å². The van der Waals surface area contributed by atoms with Gasteiger partial charge in [-0.15, -0.1) is 0 Å². The van der Waals surface area contributed by atoms with Crippen LogP contribution in [-0.4, -0.2) is 45.5 Å². The maximum Gasteiger partial charge on any atom is 0.261 e. The van der Waals surface area contributed by atoms with Gasteiger partial charge in [0.05, 0.1) is 0 Å². The molecule has 0 saturated carbocycles. The maximum atomic E-state index is 14.8. The van der Waals surface area contributed by atoms with Crippen molar-refractivity contribution in [1.82, 2.24) is 9.80 Å². The molecular formula is C54H69BrN2O4. The summed E-state index contributed by atoms with van der Waals surface area (Å²) in [5.74, 6) is -0.774. The molecule has 0 saturated heterocycles. The number of rotatable bonds is 26. The Labute approximate surface area is 373 Å². The molecule has 0 N–H and O–H groups in total. The zero-order valence-electron chi connectivity index (χ0n) is 37.6. The smallest absolute Gasteiger partial charge is 0.261 e. The predicted molar refractivity (Wildman–Crippen MR) is 257 cm³/mol. The van der Waals surface area contributed by atoms with Gasteiger partial charge in [-0.05, 0) is 71.5 Å². The molecule has 5 aromatic carbocycles. The Kier molecular flexibility index (Phi) is 15.6. The fourth-order valence-corrected chi connectivity index (χ4v) is 11.4. The van der Waals surface area contributed by atoms with E-state index in [1.54, 1.807) is 9.80 Å². The Bertz CT molecular complexity index is 2310. The number of hydrogen-bond donors (Lipinski definition) is 0. The van der Waals surface area contributed by atoms with Crippen LogP contribution < -0.4 is 0 Å². The minimum absolute atomic E-state index is 0.124. The van der Waals surface area contributed by atoms with Crippen LogP contribution in [0.5, 0.6) is 0 Å². The van der Waals surface area contributed by atoms with E-state index >= 15 is 0 Å². The van der Waals surface area contributed by atoms with Gasteiger partial charge in [0.2, 0.25) is 0 Å². The number of fused-ring (bicyclic) bond motifs is 2. The summed E-state index contributed by atoms with van der Waals surface area (Å²) in [5, 5.41) is 6.87. The largest absolute Gasteiger partial charge is 0.271 e. The molecule has 0 atom stereocenters. The molecule has 326 valence electrons. The van der Waals surface area contributed by atoms with Gasteiger partial charge in [0.25, 0.3) is 23.6 Å². The number of amides is 4. The van der Waals surface area contributed by atoms with Gasteiger partial charge in [0.15, 0.2) is 0 Å². The molecule has 5 aromatic rings. The summed E-state index contributed by atoms with van der Waals surface area (Å²) in [6.07, 6.45) is 26.1. The van der Waals surface area contributed by atoms with E-state index < -0.39 is 0 Å². The first-order valence-corrected chi connectivity index (χ1v) is 25.2. The van der Waals surface area contributed by atoms with Crippen LogP contribution in [-0.2, 0) is 0 Å². The summed E-state index contributed by atoms with van der Waals surface area (Å²) in [7, 11) is 0. The number of nitrogens with zero attached hydrogens (tertiary/aromatic N) is 2. The van der Waals surface area contributed by atoms with Gasteiger partial charge < -0.3 is 0 Å². The zero-order valence-corrected chi connectivity index (χ0v) is 39.2. The van der Waals surface area contributed by atoms with Gasteiger partial charge in [-0.1, -0.05) is 190 Å². The van der Waals surface area contributed by atoms with Crippen molar-refractivity contribution >= 4 is 82.6 Å². The second-order valence-corrected chi connectivity index (χ2v) is 19.2. The van der Waals surface area contributed by atoms with Crippen molar-refractivity contribution in [3.05, 3.63) is 69.2 Å². The lowest BCUT2D eigenvalue weighted by Gasteiger charge is -2.36.